The Morgan fingerprint density at radius 2 is 2.18 bits per heavy atom. The normalized spacial score (nSPS) is 17.9. The van der Waals surface area contributed by atoms with Crippen molar-refractivity contribution in [1.82, 2.24) is 15.5 Å². The van der Waals surface area contributed by atoms with Crippen molar-refractivity contribution in [2.75, 3.05) is 26.7 Å². The van der Waals surface area contributed by atoms with Crippen molar-refractivity contribution >= 4 is 5.91 Å². The van der Waals surface area contributed by atoms with Gasteiger partial charge in [0.25, 0.3) is 0 Å². The highest BCUT2D eigenvalue weighted by Gasteiger charge is 2.23. The lowest BCUT2D eigenvalue weighted by Crippen LogP contribution is -2.57. The molecule has 0 aromatic rings. The van der Waals surface area contributed by atoms with Crippen LogP contribution in [0.15, 0.2) is 0 Å². The van der Waals surface area contributed by atoms with Gasteiger partial charge in [0.15, 0.2) is 0 Å². The van der Waals surface area contributed by atoms with E-state index < -0.39 is 0 Å². The Morgan fingerprint density at radius 1 is 1.47 bits per heavy atom. The number of hydrogen-bond acceptors (Lipinski definition) is 3. The molecule has 0 radical (unpaired) electrons. The Bertz CT molecular complexity index is 229. The van der Waals surface area contributed by atoms with E-state index in [1.165, 1.54) is 19.3 Å². The molecule has 0 aromatic heterocycles. The molecule has 4 nitrogen and oxygen atoms in total. The number of nitrogens with zero attached hydrogens (tertiary/aromatic N) is 1. The topological polar surface area (TPSA) is 44.4 Å². The second kappa shape index (κ2) is 7.67. The molecule has 0 saturated carbocycles. The maximum Gasteiger partial charge on any atom is 0.234 e. The van der Waals surface area contributed by atoms with Crippen molar-refractivity contribution in [2.24, 2.45) is 0 Å². The van der Waals surface area contributed by atoms with Gasteiger partial charge in [-0.25, -0.2) is 0 Å². The minimum absolute atomic E-state index is 0.156. The molecule has 1 fully saturated rings. The third-order valence-electron chi connectivity index (χ3n) is 3.42. The number of amides is 1. The molecule has 1 aliphatic rings. The molecular formula is C13H27N3O. The Morgan fingerprint density at radius 3 is 2.71 bits per heavy atom. The molecule has 4 heteroatoms. The van der Waals surface area contributed by atoms with E-state index in [4.69, 9.17) is 0 Å². The zero-order chi connectivity index (χ0) is 12.7. The van der Waals surface area contributed by atoms with Gasteiger partial charge in [-0.2, -0.15) is 0 Å². The number of carbonyl (C=O) groups excluding carboxylic acids is 1. The molecule has 1 saturated heterocycles. The average Bonchev–Trinajstić information content (AvgIpc) is 2.14. The Kier molecular flexibility index (Phi) is 6.52. The fourth-order valence-corrected chi connectivity index (χ4v) is 2.03. The summed E-state index contributed by atoms with van der Waals surface area (Å²) in [7, 11) is 2.02. The van der Waals surface area contributed by atoms with Gasteiger partial charge in [-0.05, 0) is 20.4 Å². The standard InChI is InChI=1S/C13H27N3O/c1-4-5-6-7-11(2)15-13(17)10-16(3)12-8-14-9-12/h11-12,14H,4-10H2,1-3H3,(H,15,17). The van der Waals surface area contributed by atoms with Crippen molar-refractivity contribution < 1.29 is 4.79 Å². The van der Waals surface area contributed by atoms with Crippen LogP contribution in [0.4, 0.5) is 0 Å². The molecule has 0 bridgehead atoms. The maximum atomic E-state index is 11.8. The summed E-state index contributed by atoms with van der Waals surface area (Å²) in [6.07, 6.45) is 4.79. The summed E-state index contributed by atoms with van der Waals surface area (Å²) in [4.78, 5) is 13.9. The van der Waals surface area contributed by atoms with Crippen molar-refractivity contribution in [1.29, 1.82) is 0 Å². The van der Waals surface area contributed by atoms with Gasteiger partial charge < -0.3 is 10.6 Å². The van der Waals surface area contributed by atoms with E-state index in [9.17, 15) is 4.79 Å². The van der Waals surface area contributed by atoms with Crippen LogP contribution in [-0.2, 0) is 4.79 Å². The number of hydrogen-bond donors (Lipinski definition) is 2. The van der Waals surface area contributed by atoms with E-state index >= 15 is 0 Å². The molecule has 100 valence electrons. The molecular weight excluding hydrogens is 214 g/mol. The molecule has 2 N–H and O–H groups in total. The predicted octanol–water partition coefficient (Wildman–Crippen LogP) is 0.975. The van der Waals surface area contributed by atoms with Crippen LogP contribution in [0, 0.1) is 0 Å². The fourth-order valence-electron chi connectivity index (χ4n) is 2.03. The van der Waals surface area contributed by atoms with Crippen LogP contribution >= 0.6 is 0 Å². The van der Waals surface area contributed by atoms with Gasteiger partial charge in [0.1, 0.15) is 0 Å². The van der Waals surface area contributed by atoms with Crippen molar-refractivity contribution in [2.45, 2.75) is 51.6 Å². The van der Waals surface area contributed by atoms with Crippen LogP contribution in [0.1, 0.15) is 39.5 Å². The highest BCUT2D eigenvalue weighted by Crippen LogP contribution is 2.04. The monoisotopic (exact) mass is 241 g/mol. The van der Waals surface area contributed by atoms with Crippen LogP contribution in [0.5, 0.6) is 0 Å². The van der Waals surface area contributed by atoms with Gasteiger partial charge in [0.05, 0.1) is 6.54 Å². The number of likely N-dealkylation sites (N-methyl/N-ethyl adjacent to an activating group) is 1. The summed E-state index contributed by atoms with van der Waals surface area (Å²) >= 11 is 0. The predicted molar refractivity (Wildman–Crippen MR) is 71.0 cm³/mol. The highest BCUT2D eigenvalue weighted by molar-refractivity contribution is 5.78. The van der Waals surface area contributed by atoms with Crippen LogP contribution in [0.25, 0.3) is 0 Å². The summed E-state index contributed by atoms with van der Waals surface area (Å²) in [5.41, 5.74) is 0. The van der Waals surface area contributed by atoms with E-state index in [1.807, 2.05) is 7.05 Å². The zero-order valence-corrected chi connectivity index (χ0v) is 11.5. The van der Waals surface area contributed by atoms with Gasteiger partial charge in [-0.3, -0.25) is 9.69 Å². The minimum atomic E-state index is 0.156. The van der Waals surface area contributed by atoms with E-state index in [0.717, 1.165) is 19.5 Å². The minimum Gasteiger partial charge on any atom is -0.353 e. The molecule has 1 unspecified atom stereocenters. The van der Waals surface area contributed by atoms with Crippen LogP contribution in [0.2, 0.25) is 0 Å². The first-order chi connectivity index (χ1) is 8.13. The average molecular weight is 241 g/mol. The third-order valence-corrected chi connectivity index (χ3v) is 3.42. The number of rotatable bonds is 8. The largest absolute Gasteiger partial charge is 0.353 e. The van der Waals surface area contributed by atoms with Crippen LogP contribution in [-0.4, -0.2) is 49.6 Å². The van der Waals surface area contributed by atoms with E-state index in [1.54, 1.807) is 0 Å². The Hall–Kier alpha value is -0.610. The summed E-state index contributed by atoms with van der Waals surface area (Å²) in [6, 6.07) is 0.845. The first-order valence-corrected chi connectivity index (χ1v) is 6.83. The number of carbonyl (C=O) groups is 1. The Balaban J connectivity index is 2.10. The SMILES string of the molecule is CCCCCC(C)NC(=O)CN(C)C1CNC1. The lowest BCUT2D eigenvalue weighted by atomic mass is 10.1. The lowest BCUT2D eigenvalue weighted by molar-refractivity contribution is -0.123. The summed E-state index contributed by atoms with van der Waals surface area (Å²) < 4.78 is 0. The van der Waals surface area contributed by atoms with Crippen molar-refractivity contribution in [3.05, 3.63) is 0 Å². The zero-order valence-electron chi connectivity index (χ0n) is 11.5. The van der Waals surface area contributed by atoms with E-state index in [0.29, 0.717) is 18.6 Å². The fraction of sp³-hybridized carbons (Fsp3) is 0.923. The first kappa shape index (κ1) is 14.5. The van der Waals surface area contributed by atoms with Gasteiger partial charge in [-0.1, -0.05) is 26.2 Å². The molecule has 1 atom stereocenters. The molecule has 0 spiro atoms. The third kappa shape index (κ3) is 5.50. The van der Waals surface area contributed by atoms with E-state index in [-0.39, 0.29) is 5.91 Å². The second-order valence-corrected chi connectivity index (χ2v) is 5.19. The first-order valence-electron chi connectivity index (χ1n) is 6.83. The molecule has 1 heterocycles. The molecule has 1 aliphatic heterocycles. The van der Waals surface area contributed by atoms with Gasteiger partial charge in [-0.15, -0.1) is 0 Å². The summed E-state index contributed by atoms with van der Waals surface area (Å²) in [5.74, 6) is 0.156. The molecule has 0 aromatic carbocycles. The second-order valence-electron chi connectivity index (χ2n) is 5.19. The smallest absolute Gasteiger partial charge is 0.234 e. The van der Waals surface area contributed by atoms with Gasteiger partial charge >= 0.3 is 0 Å². The van der Waals surface area contributed by atoms with Gasteiger partial charge in [0.2, 0.25) is 5.91 Å². The molecule has 0 aliphatic carbocycles. The van der Waals surface area contributed by atoms with Crippen molar-refractivity contribution in [3.8, 4) is 0 Å². The highest BCUT2D eigenvalue weighted by atomic mass is 16.2. The van der Waals surface area contributed by atoms with Crippen molar-refractivity contribution in [3.63, 3.8) is 0 Å². The lowest BCUT2D eigenvalue weighted by Gasteiger charge is -2.35. The molecule has 17 heavy (non-hydrogen) atoms. The molecule has 1 rings (SSSR count). The van der Waals surface area contributed by atoms with E-state index in [2.05, 4.69) is 29.4 Å². The molecule has 1 amide bonds. The quantitative estimate of drug-likeness (QED) is 0.623. The van der Waals surface area contributed by atoms with Gasteiger partial charge in [0, 0.05) is 25.2 Å². The summed E-state index contributed by atoms with van der Waals surface area (Å²) in [5, 5.41) is 6.29. The summed E-state index contributed by atoms with van der Waals surface area (Å²) in [6.45, 7) is 6.83. The maximum absolute atomic E-state index is 11.8. The van der Waals surface area contributed by atoms with Crippen LogP contribution in [0.3, 0.4) is 0 Å². The number of unbranched alkanes of at least 4 members (excludes halogenated alkanes) is 2. The van der Waals surface area contributed by atoms with Crippen LogP contribution < -0.4 is 10.6 Å². The number of nitrogens with one attached hydrogen (secondary N) is 2. The Labute approximate surface area is 105 Å².